The molecule has 0 aromatic rings. The largest absolute Gasteiger partial charge is 0.444 e. The van der Waals surface area contributed by atoms with E-state index >= 15 is 0 Å². The number of nitrogens with one attached hydrogen (secondary N) is 2. The molecule has 0 aromatic carbocycles. The van der Waals surface area contributed by atoms with Crippen molar-refractivity contribution < 1.29 is 9.53 Å². The molecule has 0 heterocycles. The number of rotatable bonds is 8. The molecule has 4 heteroatoms. The van der Waals surface area contributed by atoms with Crippen molar-refractivity contribution in [1.82, 2.24) is 10.6 Å². The van der Waals surface area contributed by atoms with Gasteiger partial charge in [0.2, 0.25) is 0 Å². The smallest absolute Gasteiger partial charge is 0.407 e. The lowest BCUT2D eigenvalue weighted by molar-refractivity contribution is 0.0513. The summed E-state index contributed by atoms with van der Waals surface area (Å²) in [6.45, 7) is 13.5. The monoisotopic (exact) mass is 272 g/mol. The van der Waals surface area contributed by atoms with E-state index in [0.717, 1.165) is 6.54 Å². The lowest BCUT2D eigenvalue weighted by atomic mass is 10.1. The minimum Gasteiger partial charge on any atom is -0.444 e. The summed E-state index contributed by atoms with van der Waals surface area (Å²) in [5.41, 5.74) is -0.551. The van der Waals surface area contributed by atoms with Crippen LogP contribution in [0.5, 0.6) is 0 Å². The fourth-order valence-electron chi connectivity index (χ4n) is 1.65. The first-order valence-corrected chi connectivity index (χ1v) is 7.38. The molecule has 19 heavy (non-hydrogen) atoms. The Morgan fingerprint density at radius 2 is 1.68 bits per heavy atom. The Hall–Kier alpha value is -0.770. The molecule has 0 aliphatic heterocycles. The highest BCUT2D eigenvalue weighted by Crippen LogP contribution is 2.07. The topological polar surface area (TPSA) is 50.4 Å². The van der Waals surface area contributed by atoms with Gasteiger partial charge in [0.05, 0.1) is 0 Å². The maximum Gasteiger partial charge on any atom is 0.407 e. The normalized spacial score (nSPS) is 12.3. The van der Waals surface area contributed by atoms with Crippen LogP contribution in [0.4, 0.5) is 4.79 Å². The highest BCUT2D eigenvalue weighted by molar-refractivity contribution is 5.67. The molecule has 0 aliphatic rings. The van der Waals surface area contributed by atoms with Crippen molar-refractivity contribution in [2.75, 3.05) is 13.1 Å². The first kappa shape index (κ1) is 18.2. The summed E-state index contributed by atoms with van der Waals surface area (Å²) < 4.78 is 5.21. The predicted molar refractivity (Wildman–Crippen MR) is 80.5 cm³/mol. The molecule has 1 amide bonds. The number of ether oxygens (including phenoxy) is 1. The molecule has 0 spiro atoms. The van der Waals surface area contributed by atoms with Crippen molar-refractivity contribution >= 4 is 6.09 Å². The van der Waals surface area contributed by atoms with Crippen molar-refractivity contribution in [3.63, 3.8) is 0 Å². The molecule has 0 aromatic heterocycles. The maximum absolute atomic E-state index is 11.6. The zero-order valence-electron chi connectivity index (χ0n) is 13.6. The molecule has 114 valence electrons. The number of carbonyl (C=O) groups is 1. The standard InChI is InChI=1S/C15H32N2O2/c1-7-8-9-10-11-17-15(5,6)12-16-13(18)19-14(2,3)4/h17H,7-12H2,1-6H3,(H,16,18). The highest BCUT2D eigenvalue weighted by Gasteiger charge is 2.20. The summed E-state index contributed by atoms with van der Waals surface area (Å²) in [7, 11) is 0. The predicted octanol–water partition coefficient (Wildman–Crippen LogP) is 3.46. The van der Waals surface area contributed by atoms with Gasteiger partial charge in [0.15, 0.2) is 0 Å². The van der Waals surface area contributed by atoms with E-state index in [2.05, 4.69) is 31.4 Å². The van der Waals surface area contributed by atoms with E-state index in [1.54, 1.807) is 0 Å². The summed E-state index contributed by atoms with van der Waals surface area (Å²) in [4.78, 5) is 11.6. The zero-order valence-corrected chi connectivity index (χ0v) is 13.6. The molecule has 0 radical (unpaired) electrons. The highest BCUT2D eigenvalue weighted by atomic mass is 16.6. The van der Waals surface area contributed by atoms with E-state index in [-0.39, 0.29) is 11.6 Å². The third-order valence-electron chi connectivity index (χ3n) is 2.71. The molecule has 0 unspecified atom stereocenters. The molecule has 0 atom stereocenters. The van der Waals surface area contributed by atoms with Gasteiger partial charge >= 0.3 is 6.09 Å². The SMILES string of the molecule is CCCCCCNC(C)(C)CNC(=O)OC(C)(C)C. The Balaban J connectivity index is 3.80. The Kier molecular flexibility index (Phi) is 8.07. The second-order valence-electron chi connectivity index (χ2n) is 6.73. The Labute approximate surface area is 118 Å². The van der Waals surface area contributed by atoms with Crippen molar-refractivity contribution in [3.8, 4) is 0 Å². The molecule has 0 aliphatic carbocycles. The quantitative estimate of drug-likeness (QED) is 0.665. The van der Waals surface area contributed by atoms with Crippen molar-refractivity contribution in [1.29, 1.82) is 0 Å². The first-order valence-electron chi connectivity index (χ1n) is 7.38. The van der Waals surface area contributed by atoms with E-state index in [0.29, 0.717) is 6.54 Å². The summed E-state index contributed by atoms with van der Waals surface area (Å²) in [5.74, 6) is 0. The van der Waals surface area contributed by atoms with Crippen molar-refractivity contribution in [3.05, 3.63) is 0 Å². The van der Waals surface area contributed by atoms with E-state index in [9.17, 15) is 4.79 Å². The van der Waals surface area contributed by atoms with Gasteiger partial charge < -0.3 is 15.4 Å². The fraction of sp³-hybridized carbons (Fsp3) is 0.933. The lowest BCUT2D eigenvalue weighted by Gasteiger charge is -2.28. The summed E-state index contributed by atoms with van der Waals surface area (Å²) in [5, 5.41) is 6.27. The average molecular weight is 272 g/mol. The van der Waals surface area contributed by atoms with Crippen LogP contribution in [0.2, 0.25) is 0 Å². The first-order chi connectivity index (χ1) is 8.66. The number of amides is 1. The van der Waals surface area contributed by atoms with Crippen LogP contribution < -0.4 is 10.6 Å². The third kappa shape index (κ3) is 12.0. The lowest BCUT2D eigenvalue weighted by Crippen LogP contribution is -2.50. The second-order valence-corrected chi connectivity index (χ2v) is 6.73. The fourth-order valence-corrected chi connectivity index (χ4v) is 1.65. The van der Waals surface area contributed by atoms with Crippen LogP contribution in [-0.2, 0) is 4.74 Å². The maximum atomic E-state index is 11.6. The van der Waals surface area contributed by atoms with Gasteiger partial charge in [-0.3, -0.25) is 0 Å². The van der Waals surface area contributed by atoms with Crippen LogP contribution in [0.15, 0.2) is 0 Å². The van der Waals surface area contributed by atoms with Crippen LogP contribution in [0.1, 0.15) is 67.2 Å². The van der Waals surface area contributed by atoms with Gasteiger partial charge in [0.25, 0.3) is 0 Å². The second kappa shape index (κ2) is 8.41. The van der Waals surface area contributed by atoms with E-state index < -0.39 is 5.60 Å². The van der Waals surface area contributed by atoms with E-state index in [1.807, 2.05) is 20.8 Å². The molecule has 2 N–H and O–H groups in total. The molecule has 0 rings (SSSR count). The van der Waals surface area contributed by atoms with Gasteiger partial charge in [-0.25, -0.2) is 4.79 Å². The Bertz CT molecular complexity index is 257. The number of unbranched alkanes of at least 4 members (excludes halogenated alkanes) is 3. The van der Waals surface area contributed by atoms with Crippen molar-refractivity contribution in [2.45, 2.75) is 78.4 Å². The Morgan fingerprint density at radius 3 is 2.21 bits per heavy atom. The minimum absolute atomic E-state index is 0.108. The molecular weight excluding hydrogens is 240 g/mol. The molecular formula is C15H32N2O2. The molecule has 0 fully saturated rings. The van der Waals surface area contributed by atoms with Crippen LogP contribution in [-0.4, -0.2) is 30.3 Å². The molecule has 4 nitrogen and oxygen atoms in total. The third-order valence-corrected chi connectivity index (χ3v) is 2.71. The van der Waals surface area contributed by atoms with Gasteiger partial charge in [-0.05, 0) is 47.6 Å². The van der Waals surface area contributed by atoms with E-state index in [1.165, 1.54) is 25.7 Å². The summed E-state index contributed by atoms with van der Waals surface area (Å²) in [6.07, 6.45) is 4.64. The van der Waals surface area contributed by atoms with Crippen molar-refractivity contribution in [2.24, 2.45) is 0 Å². The van der Waals surface area contributed by atoms with E-state index in [4.69, 9.17) is 4.74 Å². The molecule has 0 saturated carbocycles. The molecule has 0 bridgehead atoms. The van der Waals surface area contributed by atoms with Crippen LogP contribution >= 0.6 is 0 Å². The van der Waals surface area contributed by atoms with Crippen LogP contribution in [0.3, 0.4) is 0 Å². The van der Waals surface area contributed by atoms with Gasteiger partial charge in [-0.1, -0.05) is 26.2 Å². The zero-order chi connectivity index (χ0) is 14.9. The average Bonchev–Trinajstić information content (AvgIpc) is 2.24. The van der Waals surface area contributed by atoms with Crippen LogP contribution in [0, 0.1) is 0 Å². The minimum atomic E-state index is -0.443. The number of hydrogen-bond acceptors (Lipinski definition) is 3. The summed E-state index contributed by atoms with van der Waals surface area (Å²) >= 11 is 0. The molecule has 0 saturated heterocycles. The number of hydrogen-bond donors (Lipinski definition) is 2. The number of alkyl carbamates (subject to hydrolysis) is 1. The van der Waals surface area contributed by atoms with Gasteiger partial charge in [0.1, 0.15) is 5.60 Å². The van der Waals surface area contributed by atoms with Crippen LogP contribution in [0.25, 0.3) is 0 Å². The van der Waals surface area contributed by atoms with Gasteiger partial charge in [0, 0.05) is 12.1 Å². The number of carbonyl (C=O) groups excluding carboxylic acids is 1. The van der Waals surface area contributed by atoms with Gasteiger partial charge in [-0.2, -0.15) is 0 Å². The Morgan fingerprint density at radius 1 is 1.05 bits per heavy atom. The van der Waals surface area contributed by atoms with Gasteiger partial charge in [-0.15, -0.1) is 0 Å². The summed E-state index contributed by atoms with van der Waals surface area (Å²) in [6, 6.07) is 0.